The number of nitrogens with two attached hydrogens (primary N) is 4. The number of aromatic nitrogens is 4. The molecule has 0 aromatic carbocycles. The van der Waals surface area contributed by atoms with Gasteiger partial charge in [-0.05, 0) is 0 Å². The molecule has 0 amide bonds. The first-order valence-electron chi connectivity index (χ1n) is 4.54. The summed E-state index contributed by atoms with van der Waals surface area (Å²) >= 11 is 0. The Morgan fingerprint density at radius 1 is 0.944 bits per heavy atom. The van der Waals surface area contributed by atoms with Crippen LogP contribution in [-0.2, 0) is 0 Å². The molecule has 2 aromatic rings. The molecule has 0 aliphatic heterocycles. The first-order valence-corrected chi connectivity index (χ1v) is 4.54. The predicted molar refractivity (Wildman–Crippen MR) is 65.0 cm³/mol. The van der Waals surface area contributed by atoms with Crippen LogP contribution in [0.25, 0.3) is 0 Å². The van der Waals surface area contributed by atoms with Gasteiger partial charge in [-0.1, -0.05) is 0 Å². The lowest BCUT2D eigenvalue weighted by atomic mass is 10.5. The van der Waals surface area contributed by atoms with Crippen LogP contribution in [0.15, 0.2) is 12.4 Å². The van der Waals surface area contributed by atoms with E-state index in [2.05, 4.69) is 19.9 Å². The summed E-state index contributed by atoms with van der Waals surface area (Å²) in [5, 5.41) is 17.4. The molecule has 0 bridgehead atoms. The zero-order chi connectivity index (χ0) is 13.7. The lowest BCUT2D eigenvalue weighted by molar-refractivity contribution is 0.453. The molecule has 0 fully saturated rings. The van der Waals surface area contributed by atoms with E-state index in [4.69, 9.17) is 33.1 Å². The van der Waals surface area contributed by atoms with Crippen LogP contribution in [0.4, 0.5) is 23.3 Å². The molecule has 0 spiro atoms. The molecule has 0 unspecified atom stereocenters. The lowest BCUT2D eigenvalue weighted by Crippen LogP contribution is -1.98. The van der Waals surface area contributed by atoms with E-state index in [1.54, 1.807) is 0 Å². The molecule has 96 valence electrons. The van der Waals surface area contributed by atoms with Crippen LogP contribution >= 0.6 is 0 Å². The van der Waals surface area contributed by atoms with Gasteiger partial charge in [-0.3, -0.25) is 0 Å². The van der Waals surface area contributed by atoms with Crippen LogP contribution < -0.4 is 22.9 Å². The third-order valence-corrected chi connectivity index (χ3v) is 1.64. The van der Waals surface area contributed by atoms with Crippen molar-refractivity contribution in [2.75, 3.05) is 22.9 Å². The minimum absolute atomic E-state index is 0.0208. The van der Waals surface area contributed by atoms with Crippen molar-refractivity contribution >= 4 is 23.3 Å². The summed E-state index contributed by atoms with van der Waals surface area (Å²) < 4.78 is 0. The van der Waals surface area contributed by atoms with Gasteiger partial charge < -0.3 is 33.1 Å². The van der Waals surface area contributed by atoms with Gasteiger partial charge in [0.15, 0.2) is 5.82 Å². The normalized spacial score (nSPS) is 9.33. The second-order valence-corrected chi connectivity index (χ2v) is 3.01. The highest BCUT2D eigenvalue weighted by molar-refractivity contribution is 5.62. The van der Waals surface area contributed by atoms with Gasteiger partial charge in [-0.25, -0.2) is 4.98 Å². The molecule has 10 nitrogen and oxygen atoms in total. The van der Waals surface area contributed by atoms with Gasteiger partial charge in [-0.2, -0.15) is 15.0 Å². The fourth-order valence-electron chi connectivity index (χ4n) is 0.871. The molecule has 0 radical (unpaired) electrons. The Morgan fingerprint density at radius 2 is 1.61 bits per heavy atom. The monoisotopic (exact) mass is 252 g/mol. The number of hydrogen-bond acceptors (Lipinski definition) is 10. The average Bonchev–Trinajstić information content (AvgIpc) is 2.24. The summed E-state index contributed by atoms with van der Waals surface area (Å²) in [6, 6.07) is 1.22. The third kappa shape index (κ3) is 3.52. The molecule has 0 atom stereocenters. The molecule has 10 heteroatoms. The van der Waals surface area contributed by atoms with Crippen LogP contribution in [0.2, 0.25) is 0 Å². The zero-order valence-corrected chi connectivity index (χ0v) is 9.15. The SMILES string of the molecule is Nc1cc(O)nc(N)n1.Nc1ncnc(O)c1N. The maximum absolute atomic E-state index is 8.74. The third-order valence-electron chi connectivity index (χ3n) is 1.64. The number of hydrogen-bond donors (Lipinski definition) is 6. The highest BCUT2D eigenvalue weighted by atomic mass is 16.3. The molecule has 0 aliphatic carbocycles. The van der Waals surface area contributed by atoms with Gasteiger partial charge in [0.05, 0.1) is 0 Å². The molecule has 18 heavy (non-hydrogen) atoms. The van der Waals surface area contributed by atoms with Gasteiger partial charge >= 0.3 is 0 Å². The van der Waals surface area contributed by atoms with Crippen LogP contribution in [0.3, 0.4) is 0 Å². The Hall–Kier alpha value is -3.04. The van der Waals surface area contributed by atoms with Crippen molar-refractivity contribution in [1.82, 2.24) is 19.9 Å². The number of aromatic hydroxyl groups is 2. The van der Waals surface area contributed by atoms with Crippen molar-refractivity contribution in [1.29, 1.82) is 0 Å². The predicted octanol–water partition coefficient (Wildman–Crippen LogP) is -1.31. The van der Waals surface area contributed by atoms with Crippen molar-refractivity contribution in [2.24, 2.45) is 0 Å². The maximum atomic E-state index is 8.74. The molecular weight excluding hydrogens is 240 g/mol. The molecule has 2 aromatic heterocycles. The second-order valence-electron chi connectivity index (χ2n) is 3.01. The Bertz CT molecular complexity index is 476. The van der Waals surface area contributed by atoms with Crippen molar-refractivity contribution in [3.8, 4) is 11.8 Å². The van der Waals surface area contributed by atoms with E-state index in [0.29, 0.717) is 0 Å². The molecular formula is C8H12N8O2. The van der Waals surface area contributed by atoms with Crippen LogP contribution in [-0.4, -0.2) is 30.1 Å². The van der Waals surface area contributed by atoms with E-state index in [9.17, 15) is 0 Å². The number of nitrogens with zero attached hydrogens (tertiary/aromatic N) is 4. The summed E-state index contributed by atoms with van der Waals surface area (Å²) in [6.07, 6.45) is 1.14. The number of rotatable bonds is 0. The van der Waals surface area contributed by atoms with Crippen molar-refractivity contribution in [3.63, 3.8) is 0 Å². The van der Waals surface area contributed by atoms with E-state index in [1.807, 2.05) is 0 Å². The van der Waals surface area contributed by atoms with Crippen LogP contribution in [0, 0.1) is 0 Å². The van der Waals surface area contributed by atoms with Gasteiger partial charge in [-0.15, -0.1) is 0 Å². The minimum atomic E-state index is -0.275. The number of nitrogen functional groups attached to an aromatic ring is 4. The van der Waals surface area contributed by atoms with Crippen LogP contribution in [0.1, 0.15) is 0 Å². The fraction of sp³-hybridized carbons (Fsp3) is 0. The molecule has 0 saturated carbocycles. The summed E-state index contributed by atoms with van der Waals surface area (Å²) in [6.45, 7) is 0. The highest BCUT2D eigenvalue weighted by Crippen LogP contribution is 2.18. The topological polar surface area (TPSA) is 196 Å². The van der Waals surface area contributed by atoms with E-state index in [0.717, 1.165) is 6.33 Å². The second kappa shape index (κ2) is 5.34. The largest absolute Gasteiger partial charge is 0.493 e. The van der Waals surface area contributed by atoms with Crippen molar-refractivity contribution < 1.29 is 10.2 Å². The van der Waals surface area contributed by atoms with Gasteiger partial charge in [0, 0.05) is 6.07 Å². The minimum Gasteiger partial charge on any atom is -0.493 e. The van der Waals surface area contributed by atoms with E-state index in [1.165, 1.54) is 6.07 Å². The maximum Gasteiger partial charge on any atom is 0.240 e. The summed E-state index contributed by atoms with van der Waals surface area (Å²) in [7, 11) is 0. The first-order chi connectivity index (χ1) is 8.40. The Balaban J connectivity index is 0.000000180. The standard InChI is InChI=1S/2C4H6N4O/c5-2-3(6)7-1-8-4(2)9;5-2-1-3(9)8-4(6)7-2/h1H,5H2,(H3,6,7,8,9);1H,(H5,5,6,7,8,9). The lowest BCUT2D eigenvalue weighted by Gasteiger charge is -1.96. The van der Waals surface area contributed by atoms with Gasteiger partial charge in [0.25, 0.3) is 0 Å². The van der Waals surface area contributed by atoms with E-state index >= 15 is 0 Å². The van der Waals surface area contributed by atoms with Gasteiger partial charge in [0.2, 0.25) is 17.7 Å². The fourth-order valence-corrected chi connectivity index (χ4v) is 0.871. The molecule has 2 heterocycles. The Kier molecular flexibility index (Phi) is 3.86. The Labute approximate surface area is 101 Å². The van der Waals surface area contributed by atoms with E-state index < -0.39 is 0 Å². The quantitative estimate of drug-likeness (QED) is 0.327. The van der Waals surface area contributed by atoms with Gasteiger partial charge in [0.1, 0.15) is 17.8 Å². The van der Waals surface area contributed by atoms with E-state index in [-0.39, 0.29) is 35.0 Å². The average molecular weight is 252 g/mol. The Morgan fingerprint density at radius 3 is 2.06 bits per heavy atom. The zero-order valence-electron chi connectivity index (χ0n) is 9.15. The summed E-state index contributed by atoms with van der Waals surface area (Å²) in [4.78, 5) is 13.8. The van der Waals surface area contributed by atoms with Crippen molar-refractivity contribution in [2.45, 2.75) is 0 Å². The van der Waals surface area contributed by atoms with Crippen LogP contribution in [0.5, 0.6) is 11.8 Å². The smallest absolute Gasteiger partial charge is 0.240 e. The highest BCUT2D eigenvalue weighted by Gasteiger charge is 2.00. The molecule has 0 saturated heterocycles. The summed E-state index contributed by atoms with van der Waals surface area (Å²) in [5.41, 5.74) is 20.7. The summed E-state index contributed by atoms with van der Waals surface area (Å²) in [5.74, 6) is -0.238. The molecule has 2 rings (SSSR count). The first kappa shape index (κ1) is 13.0. The van der Waals surface area contributed by atoms with Crippen molar-refractivity contribution in [3.05, 3.63) is 12.4 Å². The molecule has 10 N–H and O–H groups in total. The number of anilines is 4. The molecule has 0 aliphatic rings.